The van der Waals surface area contributed by atoms with Gasteiger partial charge in [0.05, 0.1) is 5.60 Å². The lowest BCUT2D eigenvalue weighted by Gasteiger charge is -2.19. The van der Waals surface area contributed by atoms with Crippen molar-refractivity contribution in [3.63, 3.8) is 0 Å². The molecule has 0 atom stereocenters. The van der Waals surface area contributed by atoms with E-state index >= 15 is 0 Å². The number of fused-ring (bicyclic) bond motifs is 1. The summed E-state index contributed by atoms with van der Waals surface area (Å²) in [5.74, 6) is -2.77. The molecule has 1 aliphatic heterocycles. The number of rotatable bonds is 2. The Hall–Kier alpha value is -2.25. The zero-order valence-electron chi connectivity index (χ0n) is 12.6. The zero-order valence-corrected chi connectivity index (χ0v) is 12.6. The van der Waals surface area contributed by atoms with E-state index in [1.54, 1.807) is 12.1 Å². The Bertz CT molecular complexity index is 775. The number of halogens is 2. The first-order valence-corrected chi connectivity index (χ1v) is 7.05. The van der Waals surface area contributed by atoms with Gasteiger partial charge in [-0.05, 0) is 49.1 Å². The number of nitrogens with one attached hydrogen (secondary N) is 1. The van der Waals surface area contributed by atoms with Gasteiger partial charge in [0, 0.05) is 5.69 Å². The largest absolute Gasteiger partial charge is 0.492 e. The topological polar surface area (TPSA) is 58.6 Å². The fourth-order valence-electron chi connectivity index (χ4n) is 2.71. The van der Waals surface area contributed by atoms with Gasteiger partial charge in [-0.3, -0.25) is 4.79 Å². The molecule has 118 valence electrons. The lowest BCUT2D eigenvalue weighted by Crippen LogP contribution is -2.29. The summed E-state index contributed by atoms with van der Waals surface area (Å²) >= 11 is 0. The maximum Gasteiger partial charge on any atom is 0.492 e. The molecule has 23 heavy (non-hydrogen) atoms. The van der Waals surface area contributed by atoms with Crippen LogP contribution in [-0.2, 0) is 10.3 Å². The summed E-state index contributed by atoms with van der Waals surface area (Å²) in [6.45, 7) is 3.63. The lowest BCUT2D eigenvalue weighted by molar-refractivity contribution is 0.100. The summed E-state index contributed by atoms with van der Waals surface area (Å²) in [6, 6.07) is 8.05. The number of carbonyl (C=O) groups is 1. The van der Waals surface area contributed by atoms with Crippen LogP contribution in [0.5, 0.6) is 0 Å². The molecule has 1 heterocycles. The van der Waals surface area contributed by atoms with Gasteiger partial charge in [-0.2, -0.15) is 0 Å². The second-order valence-corrected chi connectivity index (χ2v) is 5.83. The minimum absolute atomic E-state index is 0.316. The molecular weight excluding hydrogens is 303 g/mol. The van der Waals surface area contributed by atoms with Crippen LogP contribution in [0.3, 0.4) is 0 Å². The summed E-state index contributed by atoms with van der Waals surface area (Å²) < 4.78 is 32.7. The number of benzene rings is 2. The summed E-state index contributed by atoms with van der Waals surface area (Å²) in [6.07, 6.45) is 0. The maximum atomic E-state index is 13.6. The van der Waals surface area contributed by atoms with Gasteiger partial charge >= 0.3 is 7.12 Å². The SMILES string of the molecule is CC1(C)OB(O)c2cc(NC(=O)c3c(F)cccc3F)ccc21. The van der Waals surface area contributed by atoms with E-state index in [9.17, 15) is 18.6 Å². The summed E-state index contributed by atoms with van der Waals surface area (Å²) in [7, 11) is -1.11. The molecule has 0 radical (unpaired) electrons. The first-order chi connectivity index (χ1) is 10.8. The Balaban J connectivity index is 1.90. The number of amides is 1. The van der Waals surface area contributed by atoms with Gasteiger partial charge in [-0.25, -0.2) is 8.78 Å². The highest BCUT2D eigenvalue weighted by Crippen LogP contribution is 2.30. The number of hydrogen-bond donors (Lipinski definition) is 2. The van der Waals surface area contributed by atoms with Crippen molar-refractivity contribution in [1.82, 2.24) is 0 Å². The summed E-state index contributed by atoms with van der Waals surface area (Å²) in [5, 5.41) is 12.4. The van der Waals surface area contributed by atoms with E-state index < -0.39 is 35.8 Å². The van der Waals surface area contributed by atoms with Crippen molar-refractivity contribution in [3.05, 3.63) is 59.2 Å². The minimum Gasteiger partial charge on any atom is -0.423 e. The van der Waals surface area contributed by atoms with Gasteiger partial charge in [0.1, 0.15) is 17.2 Å². The highest BCUT2D eigenvalue weighted by atomic mass is 19.1. The van der Waals surface area contributed by atoms with Crippen LogP contribution < -0.4 is 10.8 Å². The van der Waals surface area contributed by atoms with Crippen molar-refractivity contribution in [2.75, 3.05) is 5.32 Å². The highest BCUT2D eigenvalue weighted by molar-refractivity contribution is 6.62. The predicted molar refractivity (Wildman–Crippen MR) is 82.5 cm³/mol. The molecule has 0 fully saturated rings. The van der Waals surface area contributed by atoms with Crippen LogP contribution in [0.15, 0.2) is 36.4 Å². The average molecular weight is 317 g/mol. The number of carbonyl (C=O) groups excluding carboxylic acids is 1. The second kappa shape index (κ2) is 5.44. The molecule has 4 nitrogen and oxygen atoms in total. The Morgan fingerprint density at radius 2 is 1.87 bits per heavy atom. The minimum atomic E-state index is -1.11. The molecule has 0 spiro atoms. The van der Waals surface area contributed by atoms with Crippen LogP contribution in [0.1, 0.15) is 29.8 Å². The lowest BCUT2D eigenvalue weighted by atomic mass is 9.78. The van der Waals surface area contributed by atoms with Crippen molar-refractivity contribution in [1.29, 1.82) is 0 Å². The maximum absolute atomic E-state index is 13.6. The molecule has 0 saturated heterocycles. The average Bonchev–Trinajstić information content (AvgIpc) is 2.68. The predicted octanol–water partition coefficient (Wildman–Crippen LogP) is 2.17. The summed E-state index contributed by atoms with van der Waals surface area (Å²) in [4.78, 5) is 12.1. The molecule has 0 unspecified atom stereocenters. The normalized spacial score (nSPS) is 15.4. The van der Waals surface area contributed by atoms with Crippen molar-refractivity contribution in [2.24, 2.45) is 0 Å². The van der Waals surface area contributed by atoms with E-state index in [0.29, 0.717) is 11.2 Å². The van der Waals surface area contributed by atoms with Gasteiger partial charge in [-0.1, -0.05) is 12.1 Å². The van der Waals surface area contributed by atoms with Crippen molar-refractivity contribution >= 4 is 24.2 Å². The Kier molecular flexibility index (Phi) is 3.70. The standard InChI is InChI=1S/C16H14BF2NO3/c1-16(2)10-7-6-9(8-11(10)17(22)23-16)20-15(21)14-12(18)4-3-5-13(14)19/h3-8,22H,1-2H3,(H,20,21). The van der Waals surface area contributed by atoms with E-state index in [0.717, 1.165) is 17.7 Å². The molecule has 7 heteroatoms. The number of anilines is 1. The second-order valence-electron chi connectivity index (χ2n) is 5.83. The molecule has 1 aliphatic rings. The quantitative estimate of drug-likeness (QED) is 0.835. The Morgan fingerprint density at radius 3 is 2.52 bits per heavy atom. The van der Waals surface area contributed by atoms with Crippen molar-refractivity contribution in [2.45, 2.75) is 19.4 Å². The Morgan fingerprint density at radius 1 is 1.22 bits per heavy atom. The first-order valence-electron chi connectivity index (χ1n) is 7.05. The van der Waals surface area contributed by atoms with E-state index in [2.05, 4.69) is 5.32 Å². The van der Waals surface area contributed by atoms with Gasteiger partial charge in [0.2, 0.25) is 0 Å². The third kappa shape index (κ3) is 2.73. The highest BCUT2D eigenvalue weighted by Gasteiger charge is 2.40. The fourth-order valence-corrected chi connectivity index (χ4v) is 2.71. The smallest absolute Gasteiger partial charge is 0.423 e. The van der Waals surface area contributed by atoms with Crippen molar-refractivity contribution in [3.8, 4) is 0 Å². The fraction of sp³-hybridized carbons (Fsp3) is 0.188. The van der Waals surface area contributed by atoms with Crippen LogP contribution in [0.2, 0.25) is 0 Å². The van der Waals surface area contributed by atoms with Crippen LogP contribution in [0.25, 0.3) is 0 Å². The monoisotopic (exact) mass is 317 g/mol. The summed E-state index contributed by atoms with van der Waals surface area (Å²) in [5.41, 5.74) is 0.332. The van der Waals surface area contributed by atoms with Crippen LogP contribution in [0, 0.1) is 11.6 Å². The van der Waals surface area contributed by atoms with E-state index in [4.69, 9.17) is 4.65 Å². The van der Waals surface area contributed by atoms with Gasteiger partial charge in [0.25, 0.3) is 5.91 Å². The molecule has 2 aromatic rings. The van der Waals surface area contributed by atoms with Crippen molar-refractivity contribution < 1.29 is 23.3 Å². The number of hydrogen-bond acceptors (Lipinski definition) is 3. The zero-order chi connectivity index (χ0) is 16.8. The molecule has 2 N–H and O–H groups in total. The molecule has 0 aromatic heterocycles. The Labute approximate surface area is 132 Å². The van der Waals surface area contributed by atoms with Gasteiger partial charge < -0.3 is 15.0 Å². The third-order valence-electron chi connectivity index (χ3n) is 3.82. The van der Waals surface area contributed by atoms with E-state index in [1.165, 1.54) is 12.1 Å². The van der Waals surface area contributed by atoms with E-state index in [1.807, 2.05) is 13.8 Å². The molecule has 2 aromatic carbocycles. The molecule has 1 amide bonds. The molecular formula is C16H14BF2NO3. The van der Waals surface area contributed by atoms with Gasteiger partial charge in [0.15, 0.2) is 0 Å². The molecule has 3 rings (SSSR count). The van der Waals surface area contributed by atoms with Gasteiger partial charge in [-0.15, -0.1) is 0 Å². The van der Waals surface area contributed by atoms with E-state index in [-0.39, 0.29) is 0 Å². The molecule has 0 bridgehead atoms. The van der Waals surface area contributed by atoms with Crippen LogP contribution in [-0.4, -0.2) is 18.0 Å². The third-order valence-corrected chi connectivity index (χ3v) is 3.82. The first kappa shape index (κ1) is 15.6. The molecule has 0 aliphatic carbocycles. The molecule has 0 saturated carbocycles. The van der Waals surface area contributed by atoms with Crippen LogP contribution >= 0.6 is 0 Å². The van der Waals surface area contributed by atoms with Crippen LogP contribution in [0.4, 0.5) is 14.5 Å².